The number of nitrogens with zero attached hydrogens (tertiary/aromatic N) is 2. The van der Waals surface area contributed by atoms with Crippen LogP contribution in [0.5, 0.6) is 0 Å². The molecule has 120 valence electrons. The molecule has 0 radical (unpaired) electrons. The fourth-order valence-electron chi connectivity index (χ4n) is 2.51. The van der Waals surface area contributed by atoms with Gasteiger partial charge in [0, 0.05) is 31.5 Å². The predicted molar refractivity (Wildman–Crippen MR) is 90.8 cm³/mol. The van der Waals surface area contributed by atoms with Gasteiger partial charge in [0.05, 0.1) is 10.9 Å². The van der Waals surface area contributed by atoms with Crippen LogP contribution in [0.1, 0.15) is 24.3 Å². The van der Waals surface area contributed by atoms with E-state index >= 15 is 0 Å². The maximum Gasteiger partial charge on any atom is 0.139 e. The first-order chi connectivity index (χ1) is 10.3. The van der Waals surface area contributed by atoms with Gasteiger partial charge in [-0.05, 0) is 30.9 Å². The van der Waals surface area contributed by atoms with Gasteiger partial charge >= 0.3 is 0 Å². The quantitative estimate of drug-likeness (QED) is 0.545. The molecule has 1 heterocycles. The second-order valence-electron chi connectivity index (χ2n) is 7.31. The molecule has 0 spiro atoms. The first-order valence-electron chi connectivity index (χ1n) is 7.78. The minimum Gasteiger partial charge on any atom is -0.360 e. The zero-order valence-corrected chi connectivity index (χ0v) is 15.1. The van der Waals surface area contributed by atoms with Crippen LogP contribution in [0.3, 0.4) is 0 Å². The third-order valence-corrected chi connectivity index (χ3v) is 6.01. The molecule has 0 bridgehead atoms. The second-order valence-corrected chi connectivity index (χ2v) is 13.3. The van der Waals surface area contributed by atoms with Crippen LogP contribution in [-0.4, -0.2) is 24.5 Å². The second kappa shape index (κ2) is 5.94. The van der Waals surface area contributed by atoms with Crippen LogP contribution in [-0.2, 0) is 11.5 Å². The molecule has 0 atom stereocenters. The number of aromatic nitrogens is 2. The molecular formula is C16H22ClFN2OSi. The van der Waals surface area contributed by atoms with Gasteiger partial charge in [-0.1, -0.05) is 31.2 Å². The highest BCUT2D eigenvalue weighted by Gasteiger charge is 2.30. The summed E-state index contributed by atoms with van der Waals surface area (Å²) in [4.78, 5) is 0. The van der Waals surface area contributed by atoms with Gasteiger partial charge in [-0.2, -0.15) is 5.10 Å². The normalized spacial score (nSPS) is 15.7. The van der Waals surface area contributed by atoms with E-state index in [-0.39, 0.29) is 11.7 Å². The van der Waals surface area contributed by atoms with E-state index in [1.807, 2.05) is 0 Å². The van der Waals surface area contributed by atoms with Crippen molar-refractivity contribution in [2.75, 3.05) is 6.61 Å². The third-order valence-electron chi connectivity index (χ3n) is 3.99. The predicted octanol–water partition coefficient (Wildman–Crippen LogP) is 5.02. The van der Waals surface area contributed by atoms with Gasteiger partial charge in [0.1, 0.15) is 12.5 Å². The number of hydrogen-bond donors (Lipinski definition) is 0. The summed E-state index contributed by atoms with van der Waals surface area (Å²) in [6.45, 7) is 8.03. The number of benzene rings is 1. The fourth-order valence-corrected chi connectivity index (χ4v) is 3.61. The van der Waals surface area contributed by atoms with Crippen LogP contribution in [0.2, 0.25) is 30.7 Å². The molecule has 3 rings (SSSR count). The maximum absolute atomic E-state index is 14.6. The van der Waals surface area contributed by atoms with Crippen LogP contribution < -0.4 is 0 Å². The van der Waals surface area contributed by atoms with E-state index in [9.17, 15) is 4.39 Å². The minimum absolute atomic E-state index is 0.210. The lowest BCUT2D eigenvalue weighted by Crippen LogP contribution is -2.22. The van der Waals surface area contributed by atoms with Gasteiger partial charge < -0.3 is 4.74 Å². The van der Waals surface area contributed by atoms with Crippen molar-refractivity contribution in [2.24, 2.45) is 0 Å². The fraction of sp³-hybridized carbons (Fsp3) is 0.562. The van der Waals surface area contributed by atoms with E-state index in [2.05, 4.69) is 24.7 Å². The largest absolute Gasteiger partial charge is 0.360 e. The van der Waals surface area contributed by atoms with E-state index in [0.29, 0.717) is 28.2 Å². The molecule has 1 saturated carbocycles. The van der Waals surface area contributed by atoms with Crippen LogP contribution in [0.25, 0.3) is 10.9 Å². The zero-order valence-electron chi connectivity index (χ0n) is 13.3. The number of ether oxygens (including phenoxy) is 1. The van der Waals surface area contributed by atoms with Crippen LogP contribution >= 0.6 is 11.6 Å². The number of hydrogen-bond acceptors (Lipinski definition) is 2. The first kappa shape index (κ1) is 16.0. The summed E-state index contributed by atoms with van der Waals surface area (Å²) >= 11 is 6.21. The SMILES string of the molecule is C[Si](C)(C)CCOCn1cc2c(F)c(C3CC3)c(Cl)cc2n1. The van der Waals surface area contributed by atoms with Crippen LogP contribution in [0.4, 0.5) is 4.39 Å². The van der Waals surface area contributed by atoms with Crippen molar-refractivity contribution in [2.45, 2.75) is 51.2 Å². The van der Waals surface area contributed by atoms with Gasteiger partial charge in [-0.15, -0.1) is 0 Å². The van der Waals surface area contributed by atoms with E-state index in [0.717, 1.165) is 25.5 Å². The standard InChI is InChI=1S/C16H22ClFN2OSi/c1-22(2,3)7-6-21-10-20-9-12-14(19-20)8-13(17)15(16(12)18)11-4-5-11/h8-9,11H,4-7,10H2,1-3H3. The van der Waals surface area contributed by atoms with Gasteiger partial charge in [0.2, 0.25) is 0 Å². The molecule has 3 nitrogen and oxygen atoms in total. The average Bonchev–Trinajstić information content (AvgIpc) is 3.14. The summed E-state index contributed by atoms with van der Waals surface area (Å²) in [7, 11) is -1.09. The summed E-state index contributed by atoms with van der Waals surface area (Å²) in [5.41, 5.74) is 1.26. The van der Waals surface area contributed by atoms with Gasteiger partial charge in [0.25, 0.3) is 0 Å². The Morgan fingerprint density at radius 2 is 2.14 bits per heavy atom. The van der Waals surface area contributed by atoms with Gasteiger partial charge in [-0.3, -0.25) is 0 Å². The Bertz CT molecular complexity index is 691. The third kappa shape index (κ3) is 3.53. The highest BCUT2D eigenvalue weighted by Crippen LogP contribution is 2.46. The molecule has 0 saturated heterocycles. The molecule has 0 N–H and O–H groups in total. The Morgan fingerprint density at radius 3 is 2.77 bits per heavy atom. The lowest BCUT2D eigenvalue weighted by atomic mass is 10.1. The van der Waals surface area contributed by atoms with Gasteiger partial charge in [-0.25, -0.2) is 9.07 Å². The Balaban J connectivity index is 1.74. The van der Waals surface area contributed by atoms with Crippen molar-refractivity contribution in [3.63, 3.8) is 0 Å². The van der Waals surface area contributed by atoms with Crippen molar-refractivity contribution in [1.82, 2.24) is 9.78 Å². The van der Waals surface area contributed by atoms with Crippen molar-refractivity contribution >= 4 is 30.6 Å². The number of halogens is 2. The lowest BCUT2D eigenvalue weighted by Gasteiger charge is -2.15. The Morgan fingerprint density at radius 1 is 1.41 bits per heavy atom. The summed E-state index contributed by atoms with van der Waals surface area (Å²) in [6, 6.07) is 2.88. The topological polar surface area (TPSA) is 27.1 Å². The number of rotatable bonds is 6. The summed E-state index contributed by atoms with van der Waals surface area (Å²) in [5.74, 6) is 0.0755. The maximum atomic E-state index is 14.6. The monoisotopic (exact) mass is 340 g/mol. The van der Waals surface area contributed by atoms with Crippen LogP contribution in [0.15, 0.2) is 12.3 Å². The van der Waals surface area contributed by atoms with E-state index in [4.69, 9.17) is 16.3 Å². The molecule has 0 amide bonds. The lowest BCUT2D eigenvalue weighted by molar-refractivity contribution is 0.0791. The average molecular weight is 341 g/mol. The zero-order chi connectivity index (χ0) is 15.9. The molecule has 0 unspecified atom stereocenters. The van der Waals surface area contributed by atoms with Crippen molar-refractivity contribution in [3.8, 4) is 0 Å². The van der Waals surface area contributed by atoms with E-state index < -0.39 is 8.07 Å². The highest BCUT2D eigenvalue weighted by atomic mass is 35.5. The molecule has 2 aromatic rings. The first-order valence-corrected chi connectivity index (χ1v) is 11.9. The molecule has 22 heavy (non-hydrogen) atoms. The van der Waals surface area contributed by atoms with Crippen molar-refractivity contribution < 1.29 is 9.13 Å². The Hall–Kier alpha value is -0.913. The molecular weight excluding hydrogens is 319 g/mol. The van der Waals surface area contributed by atoms with Crippen LogP contribution in [0, 0.1) is 5.82 Å². The smallest absolute Gasteiger partial charge is 0.139 e. The summed E-state index contributed by atoms with van der Waals surface area (Å²) in [5, 5.41) is 5.41. The molecule has 1 aliphatic carbocycles. The molecule has 1 aromatic carbocycles. The molecule has 6 heteroatoms. The van der Waals surface area contributed by atoms with Crippen molar-refractivity contribution in [1.29, 1.82) is 0 Å². The number of fused-ring (bicyclic) bond motifs is 1. The summed E-state index contributed by atoms with van der Waals surface area (Å²) in [6.07, 6.45) is 3.77. The highest BCUT2D eigenvalue weighted by molar-refractivity contribution is 6.76. The minimum atomic E-state index is -1.09. The Kier molecular flexibility index (Phi) is 4.31. The summed E-state index contributed by atoms with van der Waals surface area (Å²) < 4.78 is 21.9. The van der Waals surface area contributed by atoms with Crippen molar-refractivity contribution in [3.05, 3.63) is 28.7 Å². The molecule has 0 aliphatic heterocycles. The molecule has 1 aliphatic rings. The van der Waals surface area contributed by atoms with Gasteiger partial charge in [0.15, 0.2) is 0 Å². The van der Waals surface area contributed by atoms with E-state index in [1.54, 1.807) is 16.9 Å². The molecule has 1 fully saturated rings. The van der Waals surface area contributed by atoms with E-state index in [1.165, 1.54) is 0 Å². The molecule has 1 aromatic heterocycles. The Labute approximate surface area is 136 Å².